The van der Waals surface area contributed by atoms with E-state index in [9.17, 15) is 0 Å². The molecule has 1 heterocycles. The van der Waals surface area contributed by atoms with Crippen LogP contribution in [0.5, 0.6) is 0 Å². The highest BCUT2D eigenvalue weighted by Gasteiger charge is 2.11. The van der Waals surface area contributed by atoms with Crippen molar-refractivity contribution in [3.63, 3.8) is 0 Å². The van der Waals surface area contributed by atoms with Crippen molar-refractivity contribution in [2.24, 2.45) is 11.7 Å². The van der Waals surface area contributed by atoms with Crippen molar-refractivity contribution in [2.75, 3.05) is 6.54 Å². The number of aryl methyl sites for hydroxylation is 1. The van der Waals surface area contributed by atoms with E-state index in [1.54, 1.807) is 6.26 Å². The van der Waals surface area contributed by atoms with Crippen molar-refractivity contribution < 1.29 is 4.42 Å². The van der Waals surface area contributed by atoms with E-state index in [2.05, 4.69) is 19.2 Å². The summed E-state index contributed by atoms with van der Waals surface area (Å²) in [5.74, 6) is 1.55. The van der Waals surface area contributed by atoms with E-state index >= 15 is 0 Å². The van der Waals surface area contributed by atoms with Gasteiger partial charge in [0.1, 0.15) is 5.76 Å². The minimum Gasteiger partial charge on any atom is -0.468 e. The second kappa shape index (κ2) is 5.17. The molecule has 0 saturated carbocycles. The van der Waals surface area contributed by atoms with Crippen LogP contribution in [0.15, 0.2) is 16.7 Å². The Morgan fingerprint density at radius 3 is 2.64 bits per heavy atom. The fourth-order valence-corrected chi connectivity index (χ4v) is 1.40. The van der Waals surface area contributed by atoms with E-state index in [1.807, 2.05) is 13.0 Å². The molecular formula is C11H20N2O. The predicted octanol–water partition coefficient (Wildman–Crippen LogP) is 1.66. The molecule has 0 fully saturated rings. The predicted molar refractivity (Wildman–Crippen MR) is 58.0 cm³/mol. The second-order valence-corrected chi connectivity index (χ2v) is 3.99. The summed E-state index contributed by atoms with van der Waals surface area (Å²) in [6.45, 7) is 7.81. The van der Waals surface area contributed by atoms with Crippen LogP contribution in [-0.4, -0.2) is 12.6 Å². The van der Waals surface area contributed by atoms with E-state index in [0.717, 1.165) is 12.3 Å². The Labute approximate surface area is 85.7 Å². The maximum absolute atomic E-state index is 5.66. The zero-order valence-corrected chi connectivity index (χ0v) is 9.21. The third-order valence-electron chi connectivity index (χ3n) is 2.55. The minimum atomic E-state index is 0.361. The van der Waals surface area contributed by atoms with Crippen LogP contribution in [0.1, 0.15) is 25.2 Å². The quantitative estimate of drug-likeness (QED) is 0.753. The van der Waals surface area contributed by atoms with Gasteiger partial charge in [-0.05, 0) is 24.5 Å². The highest BCUT2D eigenvalue weighted by atomic mass is 16.3. The summed E-state index contributed by atoms with van der Waals surface area (Å²) < 4.78 is 5.34. The molecule has 0 radical (unpaired) electrons. The summed E-state index contributed by atoms with van der Waals surface area (Å²) in [5.41, 5.74) is 6.85. The largest absolute Gasteiger partial charge is 0.468 e. The molecular weight excluding hydrogens is 176 g/mol. The monoisotopic (exact) mass is 196 g/mol. The Morgan fingerprint density at radius 2 is 2.21 bits per heavy atom. The first-order valence-corrected chi connectivity index (χ1v) is 5.11. The number of rotatable bonds is 5. The molecule has 0 saturated heterocycles. The van der Waals surface area contributed by atoms with Crippen LogP contribution in [-0.2, 0) is 6.54 Å². The fraction of sp³-hybridized carbons (Fsp3) is 0.636. The van der Waals surface area contributed by atoms with E-state index in [1.165, 1.54) is 5.56 Å². The van der Waals surface area contributed by atoms with E-state index in [-0.39, 0.29) is 0 Å². The van der Waals surface area contributed by atoms with Gasteiger partial charge < -0.3 is 15.5 Å². The van der Waals surface area contributed by atoms with Gasteiger partial charge in [-0.1, -0.05) is 13.8 Å². The Bertz CT molecular complexity index is 268. The van der Waals surface area contributed by atoms with Crippen LogP contribution in [0, 0.1) is 12.8 Å². The molecule has 3 nitrogen and oxygen atoms in total. The first-order chi connectivity index (χ1) is 6.65. The van der Waals surface area contributed by atoms with Crippen molar-refractivity contribution in [3.8, 4) is 0 Å². The Balaban J connectivity index is 2.43. The molecule has 0 spiro atoms. The standard InChI is InChI=1S/C11H20N2O/c1-8(2)10(6-12)13-7-11-9(3)4-5-14-11/h4-5,8,10,13H,6-7,12H2,1-3H3. The Hall–Kier alpha value is -0.800. The summed E-state index contributed by atoms with van der Waals surface area (Å²) in [7, 11) is 0. The average Bonchev–Trinajstić information content (AvgIpc) is 2.52. The molecule has 3 N–H and O–H groups in total. The van der Waals surface area contributed by atoms with Crippen molar-refractivity contribution >= 4 is 0 Å². The van der Waals surface area contributed by atoms with Crippen LogP contribution in [0.2, 0.25) is 0 Å². The molecule has 0 aliphatic rings. The topological polar surface area (TPSA) is 51.2 Å². The van der Waals surface area contributed by atoms with Crippen LogP contribution in [0.25, 0.3) is 0 Å². The number of hydrogen-bond donors (Lipinski definition) is 2. The van der Waals surface area contributed by atoms with Gasteiger partial charge in [-0.15, -0.1) is 0 Å². The summed E-state index contributed by atoms with van der Waals surface area (Å²) in [5, 5.41) is 3.39. The molecule has 1 unspecified atom stereocenters. The lowest BCUT2D eigenvalue weighted by Gasteiger charge is -2.19. The highest BCUT2D eigenvalue weighted by Crippen LogP contribution is 2.09. The van der Waals surface area contributed by atoms with Crippen molar-refractivity contribution in [3.05, 3.63) is 23.7 Å². The van der Waals surface area contributed by atoms with Crippen LogP contribution in [0.3, 0.4) is 0 Å². The molecule has 1 aromatic rings. The van der Waals surface area contributed by atoms with Crippen LogP contribution in [0.4, 0.5) is 0 Å². The zero-order valence-electron chi connectivity index (χ0n) is 9.21. The molecule has 0 amide bonds. The van der Waals surface area contributed by atoms with Gasteiger partial charge in [-0.2, -0.15) is 0 Å². The molecule has 1 rings (SSSR count). The highest BCUT2D eigenvalue weighted by molar-refractivity contribution is 5.14. The number of hydrogen-bond acceptors (Lipinski definition) is 3. The second-order valence-electron chi connectivity index (χ2n) is 3.99. The smallest absolute Gasteiger partial charge is 0.120 e. The number of nitrogens with one attached hydrogen (secondary N) is 1. The van der Waals surface area contributed by atoms with E-state index in [0.29, 0.717) is 18.5 Å². The third kappa shape index (κ3) is 2.86. The summed E-state index contributed by atoms with van der Waals surface area (Å²) >= 11 is 0. The van der Waals surface area contributed by atoms with Gasteiger partial charge in [0.05, 0.1) is 12.8 Å². The number of furan rings is 1. The van der Waals surface area contributed by atoms with Gasteiger partial charge >= 0.3 is 0 Å². The molecule has 80 valence electrons. The van der Waals surface area contributed by atoms with Gasteiger partial charge in [-0.3, -0.25) is 0 Å². The van der Waals surface area contributed by atoms with Crippen LogP contribution >= 0.6 is 0 Å². The molecule has 0 aromatic carbocycles. The molecule has 14 heavy (non-hydrogen) atoms. The lowest BCUT2D eigenvalue weighted by molar-refractivity contribution is 0.379. The van der Waals surface area contributed by atoms with Gasteiger partial charge in [0.2, 0.25) is 0 Å². The maximum atomic E-state index is 5.66. The van der Waals surface area contributed by atoms with Crippen molar-refractivity contribution in [1.29, 1.82) is 0 Å². The SMILES string of the molecule is Cc1ccoc1CNC(CN)C(C)C. The van der Waals surface area contributed by atoms with E-state index in [4.69, 9.17) is 10.2 Å². The summed E-state index contributed by atoms with van der Waals surface area (Å²) in [6, 6.07) is 2.34. The molecule has 0 aliphatic heterocycles. The number of nitrogens with two attached hydrogens (primary N) is 1. The Kier molecular flexibility index (Phi) is 4.17. The molecule has 1 atom stereocenters. The van der Waals surface area contributed by atoms with Gasteiger partial charge in [0.25, 0.3) is 0 Å². The van der Waals surface area contributed by atoms with Crippen molar-refractivity contribution in [2.45, 2.75) is 33.4 Å². The zero-order chi connectivity index (χ0) is 10.6. The summed E-state index contributed by atoms with van der Waals surface area (Å²) in [4.78, 5) is 0. The molecule has 0 aliphatic carbocycles. The molecule has 1 aromatic heterocycles. The maximum Gasteiger partial charge on any atom is 0.120 e. The normalized spacial score (nSPS) is 13.5. The average molecular weight is 196 g/mol. The van der Waals surface area contributed by atoms with Gasteiger partial charge in [0.15, 0.2) is 0 Å². The first kappa shape index (κ1) is 11.3. The van der Waals surface area contributed by atoms with E-state index < -0.39 is 0 Å². The fourth-order valence-electron chi connectivity index (χ4n) is 1.40. The van der Waals surface area contributed by atoms with Gasteiger partial charge in [0, 0.05) is 12.6 Å². The molecule has 3 heteroatoms. The lowest BCUT2D eigenvalue weighted by Crippen LogP contribution is -2.39. The lowest BCUT2D eigenvalue weighted by atomic mass is 10.0. The van der Waals surface area contributed by atoms with Crippen molar-refractivity contribution in [1.82, 2.24) is 5.32 Å². The van der Waals surface area contributed by atoms with Crippen LogP contribution < -0.4 is 11.1 Å². The first-order valence-electron chi connectivity index (χ1n) is 5.11. The Morgan fingerprint density at radius 1 is 1.50 bits per heavy atom. The summed E-state index contributed by atoms with van der Waals surface area (Å²) in [6.07, 6.45) is 1.72. The van der Waals surface area contributed by atoms with Gasteiger partial charge in [-0.25, -0.2) is 0 Å². The molecule has 0 bridgehead atoms. The minimum absolute atomic E-state index is 0.361. The third-order valence-corrected chi connectivity index (χ3v) is 2.55.